The zero-order valence-electron chi connectivity index (χ0n) is 13.8. The highest BCUT2D eigenvalue weighted by atomic mass is 16.4. The predicted molar refractivity (Wildman–Crippen MR) is 90.3 cm³/mol. The molecule has 0 radical (unpaired) electrons. The molecule has 1 aromatic carbocycles. The van der Waals surface area contributed by atoms with Gasteiger partial charge in [0.25, 0.3) is 0 Å². The SMILES string of the molecule is CCCCC(C)(NCc1cccc(N2CCCC2)c1)C(=O)O. The maximum Gasteiger partial charge on any atom is 0.323 e. The van der Waals surface area contributed by atoms with E-state index < -0.39 is 11.5 Å². The smallest absolute Gasteiger partial charge is 0.323 e. The highest BCUT2D eigenvalue weighted by molar-refractivity contribution is 5.78. The molecular weight excluding hydrogens is 276 g/mol. The first-order valence-corrected chi connectivity index (χ1v) is 8.37. The molecule has 122 valence electrons. The fraction of sp³-hybridized carbons (Fsp3) is 0.611. The molecule has 1 heterocycles. The third-order valence-corrected chi connectivity index (χ3v) is 4.57. The van der Waals surface area contributed by atoms with Gasteiger partial charge in [-0.1, -0.05) is 31.9 Å². The molecule has 1 fully saturated rings. The largest absolute Gasteiger partial charge is 0.480 e. The van der Waals surface area contributed by atoms with E-state index in [9.17, 15) is 9.90 Å². The van der Waals surface area contributed by atoms with Crippen LogP contribution in [0.5, 0.6) is 0 Å². The van der Waals surface area contributed by atoms with Crippen molar-refractivity contribution in [3.63, 3.8) is 0 Å². The summed E-state index contributed by atoms with van der Waals surface area (Å²) < 4.78 is 0. The molecule has 4 nitrogen and oxygen atoms in total. The minimum atomic E-state index is -0.848. The van der Waals surface area contributed by atoms with Crippen LogP contribution in [-0.4, -0.2) is 29.7 Å². The Hall–Kier alpha value is -1.55. The third kappa shape index (κ3) is 4.23. The lowest BCUT2D eigenvalue weighted by Crippen LogP contribution is -2.49. The second kappa shape index (κ2) is 7.63. The maximum atomic E-state index is 11.6. The molecule has 0 aromatic heterocycles. The highest BCUT2D eigenvalue weighted by Gasteiger charge is 2.31. The molecule has 1 aromatic rings. The molecule has 0 bridgehead atoms. The standard InChI is InChI=1S/C18H28N2O2/c1-3-4-10-18(2,17(21)22)19-14-15-8-7-9-16(13-15)20-11-5-6-12-20/h7-9,13,19H,3-6,10-12,14H2,1-2H3,(H,21,22). The first kappa shape index (κ1) is 16.8. The number of benzene rings is 1. The Kier molecular flexibility index (Phi) is 5.83. The van der Waals surface area contributed by atoms with Crippen LogP contribution in [0.3, 0.4) is 0 Å². The van der Waals surface area contributed by atoms with Gasteiger partial charge in [0, 0.05) is 25.3 Å². The number of rotatable bonds is 8. The normalized spacial score (nSPS) is 17.5. The molecule has 1 aliphatic rings. The lowest BCUT2D eigenvalue weighted by atomic mass is 9.94. The first-order valence-electron chi connectivity index (χ1n) is 8.37. The van der Waals surface area contributed by atoms with Crippen molar-refractivity contribution < 1.29 is 9.90 Å². The molecular formula is C18H28N2O2. The van der Waals surface area contributed by atoms with Crippen LogP contribution in [0.25, 0.3) is 0 Å². The lowest BCUT2D eigenvalue weighted by molar-refractivity contribution is -0.144. The van der Waals surface area contributed by atoms with Crippen LogP contribution in [0, 0.1) is 0 Å². The van der Waals surface area contributed by atoms with Crippen molar-refractivity contribution in [3.05, 3.63) is 29.8 Å². The van der Waals surface area contributed by atoms with E-state index in [4.69, 9.17) is 0 Å². The summed E-state index contributed by atoms with van der Waals surface area (Å²) >= 11 is 0. The van der Waals surface area contributed by atoms with Gasteiger partial charge in [-0.2, -0.15) is 0 Å². The molecule has 1 saturated heterocycles. The van der Waals surface area contributed by atoms with E-state index in [1.807, 2.05) is 0 Å². The van der Waals surface area contributed by atoms with Crippen LogP contribution in [-0.2, 0) is 11.3 Å². The van der Waals surface area contributed by atoms with Crippen molar-refractivity contribution in [1.29, 1.82) is 0 Å². The lowest BCUT2D eigenvalue weighted by Gasteiger charge is -2.26. The molecule has 0 spiro atoms. The summed E-state index contributed by atoms with van der Waals surface area (Å²) in [4.78, 5) is 14.0. The fourth-order valence-corrected chi connectivity index (χ4v) is 2.94. The van der Waals surface area contributed by atoms with Crippen LogP contribution in [0.15, 0.2) is 24.3 Å². The van der Waals surface area contributed by atoms with Crippen molar-refractivity contribution >= 4 is 11.7 Å². The molecule has 1 aliphatic heterocycles. The molecule has 0 saturated carbocycles. The summed E-state index contributed by atoms with van der Waals surface area (Å²) in [7, 11) is 0. The van der Waals surface area contributed by atoms with Gasteiger partial charge in [-0.3, -0.25) is 10.1 Å². The van der Waals surface area contributed by atoms with E-state index in [1.165, 1.54) is 18.5 Å². The Morgan fingerprint density at radius 3 is 2.73 bits per heavy atom. The predicted octanol–water partition coefficient (Wildman–Crippen LogP) is 3.41. The summed E-state index contributed by atoms with van der Waals surface area (Å²) in [5, 5.41) is 12.7. The number of unbranched alkanes of at least 4 members (excludes halogenated alkanes) is 1. The zero-order chi connectivity index (χ0) is 16.0. The minimum Gasteiger partial charge on any atom is -0.480 e. The van der Waals surface area contributed by atoms with Crippen LogP contribution in [0.4, 0.5) is 5.69 Å². The molecule has 0 aliphatic carbocycles. The molecule has 2 rings (SSSR count). The Labute approximate surface area is 133 Å². The van der Waals surface area contributed by atoms with Gasteiger partial charge in [0.15, 0.2) is 0 Å². The van der Waals surface area contributed by atoms with Crippen molar-refractivity contribution in [2.75, 3.05) is 18.0 Å². The number of anilines is 1. The van der Waals surface area contributed by atoms with Gasteiger partial charge in [0.2, 0.25) is 0 Å². The van der Waals surface area contributed by atoms with Crippen LogP contribution in [0.1, 0.15) is 51.5 Å². The van der Waals surface area contributed by atoms with Crippen molar-refractivity contribution in [2.24, 2.45) is 0 Å². The Bertz CT molecular complexity index is 498. The molecule has 0 amide bonds. The number of aliphatic carboxylic acids is 1. The van der Waals surface area contributed by atoms with Gasteiger partial charge < -0.3 is 10.0 Å². The van der Waals surface area contributed by atoms with E-state index >= 15 is 0 Å². The van der Waals surface area contributed by atoms with E-state index in [0.29, 0.717) is 13.0 Å². The van der Waals surface area contributed by atoms with Gasteiger partial charge in [-0.25, -0.2) is 0 Å². The van der Waals surface area contributed by atoms with Gasteiger partial charge >= 0.3 is 5.97 Å². The number of nitrogens with zero attached hydrogens (tertiary/aromatic N) is 1. The Balaban J connectivity index is 2.00. The number of carboxylic acid groups (broad SMARTS) is 1. The highest BCUT2D eigenvalue weighted by Crippen LogP contribution is 2.22. The van der Waals surface area contributed by atoms with E-state index in [-0.39, 0.29) is 0 Å². The summed E-state index contributed by atoms with van der Waals surface area (Å²) in [6.07, 6.45) is 5.11. The molecule has 22 heavy (non-hydrogen) atoms. The first-order chi connectivity index (χ1) is 10.5. The molecule has 1 unspecified atom stereocenters. The van der Waals surface area contributed by atoms with E-state index in [2.05, 4.69) is 41.4 Å². The fourth-order valence-electron chi connectivity index (χ4n) is 2.94. The van der Waals surface area contributed by atoms with Crippen LogP contribution in [0.2, 0.25) is 0 Å². The van der Waals surface area contributed by atoms with E-state index in [1.54, 1.807) is 6.92 Å². The molecule has 4 heteroatoms. The van der Waals surface area contributed by atoms with Crippen LogP contribution >= 0.6 is 0 Å². The zero-order valence-corrected chi connectivity index (χ0v) is 13.8. The van der Waals surface area contributed by atoms with Gasteiger partial charge in [0.05, 0.1) is 0 Å². The number of carboxylic acids is 1. The monoisotopic (exact) mass is 304 g/mol. The Morgan fingerprint density at radius 1 is 1.36 bits per heavy atom. The van der Waals surface area contributed by atoms with Crippen molar-refractivity contribution in [2.45, 2.75) is 58.0 Å². The summed E-state index contributed by atoms with van der Waals surface area (Å²) in [6, 6.07) is 8.45. The topological polar surface area (TPSA) is 52.6 Å². The maximum absolute atomic E-state index is 11.6. The number of nitrogens with one attached hydrogen (secondary N) is 1. The van der Waals surface area contributed by atoms with Gasteiger partial charge in [0.1, 0.15) is 5.54 Å². The number of hydrogen-bond donors (Lipinski definition) is 2. The summed E-state index contributed by atoms with van der Waals surface area (Å²) in [5.74, 6) is -0.767. The Morgan fingerprint density at radius 2 is 2.09 bits per heavy atom. The molecule has 1 atom stereocenters. The second-order valence-electron chi connectivity index (χ2n) is 6.46. The second-order valence-corrected chi connectivity index (χ2v) is 6.46. The molecule has 2 N–H and O–H groups in total. The average molecular weight is 304 g/mol. The third-order valence-electron chi connectivity index (χ3n) is 4.57. The minimum absolute atomic E-state index is 0.591. The van der Waals surface area contributed by atoms with Crippen molar-refractivity contribution in [3.8, 4) is 0 Å². The quantitative estimate of drug-likeness (QED) is 0.773. The number of carbonyl (C=O) groups is 1. The van der Waals surface area contributed by atoms with Crippen LogP contribution < -0.4 is 10.2 Å². The van der Waals surface area contributed by atoms with Gasteiger partial charge in [-0.05, 0) is 43.9 Å². The summed E-state index contributed by atoms with van der Waals surface area (Å²) in [6.45, 7) is 6.71. The van der Waals surface area contributed by atoms with Crippen molar-refractivity contribution in [1.82, 2.24) is 5.32 Å². The van der Waals surface area contributed by atoms with Gasteiger partial charge in [-0.15, -0.1) is 0 Å². The van der Waals surface area contributed by atoms with E-state index in [0.717, 1.165) is 31.5 Å². The number of hydrogen-bond acceptors (Lipinski definition) is 3. The average Bonchev–Trinajstić information content (AvgIpc) is 3.05. The summed E-state index contributed by atoms with van der Waals surface area (Å²) in [5.41, 5.74) is 1.55.